The fourth-order valence-electron chi connectivity index (χ4n) is 1.31. The molecule has 0 bridgehead atoms. The fourth-order valence-corrected chi connectivity index (χ4v) is 2.40. The van der Waals surface area contributed by atoms with E-state index in [1.54, 1.807) is 13.8 Å². The van der Waals surface area contributed by atoms with Gasteiger partial charge in [-0.25, -0.2) is 13.1 Å². The Bertz CT molecular complexity index is 339. The normalized spacial score (nSPS) is 13.8. The van der Waals surface area contributed by atoms with Gasteiger partial charge in [-0.05, 0) is 20.3 Å². The maximum Gasteiger partial charge on any atom is 0.321 e. The number of sulfonamides is 1. The van der Waals surface area contributed by atoms with Crippen LogP contribution in [0.25, 0.3) is 0 Å². The smallest absolute Gasteiger partial charge is 0.321 e. The Morgan fingerprint density at radius 2 is 2.00 bits per heavy atom. The van der Waals surface area contributed by atoms with Gasteiger partial charge in [-0.2, -0.15) is 0 Å². The summed E-state index contributed by atoms with van der Waals surface area (Å²) in [6, 6.07) is -1.05. The van der Waals surface area contributed by atoms with Crippen molar-refractivity contribution >= 4 is 16.0 Å². The van der Waals surface area contributed by atoms with Crippen LogP contribution < -0.4 is 4.72 Å². The van der Waals surface area contributed by atoms with Gasteiger partial charge in [0.2, 0.25) is 10.0 Å². The lowest BCUT2D eigenvalue weighted by Gasteiger charge is -2.15. The topological polar surface area (TPSA) is 92.7 Å². The minimum atomic E-state index is -3.61. The summed E-state index contributed by atoms with van der Waals surface area (Å²) >= 11 is 0. The summed E-state index contributed by atoms with van der Waals surface area (Å²) in [6.07, 6.45) is 1.75. The van der Waals surface area contributed by atoms with Crippen molar-refractivity contribution in [2.45, 2.75) is 52.2 Å². The van der Waals surface area contributed by atoms with Crippen LogP contribution in [0.4, 0.5) is 0 Å². The number of carboxylic acids is 1. The standard InChI is InChI=1S/C11H23NO5S/c1-4-5-6-10(11(13)14)12-18(15,16)8-7-17-9(2)3/h9-10,12H,4-8H2,1-3H3,(H,13,14). The number of carbonyl (C=O) groups is 1. The molecule has 7 heteroatoms. The molecular weight excluding hydrogens is 258 g/mol. The summed E-state index contributed by atoms with van der Waals surface area (Å²) in [4.78, 5) is 10.9. The Morgan fingerprint density at radius 1 is 1.39 bits per heavy atom. The third-order valence-corrected chi connectivity index (χ3v) is 3.62. The molecule has 18 heavy (non-hydrogen) atoms. The minimum Gasteiger partial charge on any atom is -0.480 e. The van der Waals surface area contributed by atoms with Gasteiger partial charge in [-0.3, -0.25) is 4.79 Å². The molecule has 1 atom stereocenters. The van der Waals surface area contributed by atoms with Crippen molar-refractivity contribution in [1.82, 2.24) is 4.72 Å². The van der Waals surface area contributed by atoms with Crippen LogP contribution in [-0.2, 0) is 19.6 Å². The lowest BCUT2D eigenvalue weighted by molar-refractivity contribution is -0.139. The second kappa shape index (κ2) is 8.44. The lowest BCUT2D eigenvalue weighted by Crippen LogP contribution is -2.42. The molecule has 0 spiro atoms. The predicted molar refractivity (Wildman–Crippen MR) is 69.0 cm³/mol. The van der Waals surface area contributed by atoms with Crippen molar-refractivity contribution in [3.8, 4) is 0 Å². The first-order chi connectivity index (χ1) is 8.28. The minimum absolute atomic E-state index is 0.0458. The number of unbranched alkanes of at least 4 members (excludes halogenated alkanes) is 1. The molecule has 0 radical (unpaired) electrons. The molecule has 0 amide bonds. The fraction of sp³-hybridized carbons (Fsp3) is 0.909. The van der Waals surface area contributed by atoms with E-state index in [9.17, 15) is 13.2 Å². The highest BCUT2D eigenvalue weighted by atomic mass is 32.2. The number of rotatable bonds is 10. The number of carboxylic acid groups (broad SMARTS) is 1. The molecule has 0 aliphatic heterocycles. The highest BCUT2D eigenvalue weighted by molar-refractivity contribution is 7.89. The summed E-state index contributed by atoms with van der Waals surface area (Å²) in [7, 11) is -3.61. The van der Waals surface area contributed by atoms with E-state index < -0.39 is 22.0 Å². The van der Waals surface area contributed by atoms with Crippen LogP contribution >= 0.6 is 0 Å². The largest absolute Gasteiger partial charge is 0.480 e. The van der Waals surface area contributed by atoms with E-state index in [1.165, 1.54) is 0 Å². The summed E-state index contributed by atoms with van der Waals surface area (Å²) in [5, 5.41) is 8.92. The van der Waals surface area contributed by atoms with Crippen LogP contribution in [0.1, 0.15) is 40.0 Å². The number of hydrogen-bond donors (Lipinski definition) is 2. The van der Waals surface area contributed by atoms with Gasteiger partial charge in [0.05, 0.1) is 18.5 Å². The van der Waals surface area contributed by atoms with Crippen molar-refractivity contribution in [2.24, 2.45) is 0 Å². The van der Waals surface area contributed by atoms with Crippen LogP contribution in [0.15, 0.2) is 0 Å². The zero-order chi connectivity index (χ0) is 14.2. The second-order valence-corrected chi connectivity index (χ2v) is 6.26. The van der Waals surface area contributed by atoms with E-state index in [0.717, 1.165) is 6.42 Å². The molecule has 0 aromatic rings. The molecule has 108 valence electrons. The summed E-state index contributed by atoms with van der Waals surface area (Å²) in [5.74, 6) is -1.36. The monoisotopic (exact) mass is 281 g/mol. The van der Waals surface area contributed by atoms with Crippen molar-refractivity contribution in [1.29, 1.82) is 0 Å². The van der Waals surface area contributed by atoms with E-state index in [1.807, 2.05) is 6.92 Å². The third-order valence-electron chi connectivity index (χ3n) is 2.27. The zero-order valence-electron chi connectivity index (χ0n) is 11.2. The molecule has 0 rings (SSSR count). The average Bonchev–Trinajstić information content (AvgIpc) is 2.22. The lowest BCUT2D eigenvalue weighted by atomic mass is 10.1. The molecule has 0 saturated heterocycles. The van der Waals surface area contributed by atoms with E-state index in [4.69, 9.17) is 9.84 Å². The number of ether oxygens (including phenoxy) is 1. The predicted octanol–water partition coefficient (Wildman–Crippen LogP) is 0.974. The van der Waals surface area contributed by atoms with Gasteiger partial charge in [0.15, 0.2) is 0 Å². The Balaban J connectivity index is 4.28. The Morgan fingerprint density at radius 3 is 2.44 bits per heavy atom. The van der Waals surface area contributed by atoms with Crippen LogP contribution in [0.5, 0.6) is 0 Å². The van der Waals surface area contributed by atoms with Crippen molar-refractivity contribution < 1.29 is 23.1 Å². The molecule has 0 aliphatic rings. The van der Waals surface area contributed by atoms with E-state index in [-0.39, 0.29) is 18.5 Å². The van der Waals surface area contributed by atoms with Gasteiger partial charge < -0.3 is 9.84 Å². The Labute approximate surface area is 109 Å². The maximum atomic E-state index is 11.6. The zero-order valence-corrected chi connectivity index (χ0v) is 12.0. The molecule has 0 heterocycles. The van der Waals surface area contributed by atoms with Gasteiger partial charge in [-0.1, -0.05) is 19.8 Å². The summed E-state index contributed by atoms with van der Waals surface area (Å²) in [6.45, 7) is 5.60. The van der Waals surface area contributed by atoms with Crippen molar-refractivity contribution in [2.75, 3.05) is 12.4 Å². The van der Waals surface area contributed by atoms with Crippen LogP contribution in [0, 0.1) is 0 Å². The van der Waals surface area contributed by atoms with Crippen LogP contribution in [-0.4, -0.2) is 44.0 Å². The van der Waals surface area contributed by atoms with Crippen molar-refractivity contribution in [3.05, 3.63) is 0 Å². The third kappa shape index (κ3) is 8.43. The highest BCUT2D eigenvalue weighted by Crippen LogP contribution is 2.03. The molecule has 0 aliphatic carbocycles. The first-order valence-corrected chi connectivity index (χ1v) is 7.78. The Kier molecular flexibility index (Phi) is 8.13. The van der Waals surface area contributed by atoms with Gasteiger partial charge in [0, 0.05) is 0 Å². The number of hydrogen-bond acceptors (Lipinski definition) is 4. The van der Waals surface area contributed by atoms with Crippen LogP contribution in [0.3, 0.4) is 0 Å². The second-order valence-electron chi connectivity index (χ2n) is 4.39. The van der Waals surface area contributed by atoms with Gasteiger partial charge in [0.25, 0.3) is 0 Å². The first kappa shape index (κ1) is 17.3. The van der Waals surface area contributed by atoms with E-state index >= 15 is 0 Å². The van der Waals surface area contributed by atoms with E-state index in [0.29, 0.717) is 12.8 Å². The van der Waals surface area contributed by atoms with Crippen molar-refractivity contribution in [3.63, 3.8) is 0 Å². The van der Waals surface area contributed by atoms with Crippen LogP contribution in [0.2, 0.25) is 0 Å². The maximum absolute atomic E-state index is 11.6. The van der Waals surface area contributed by atoms with Gasteiger partial charge in [0.1, 0.15) is 6.04 Å². The molecule has 0 saturated carbocycles. The van der Waals surface area contributed by atoms with Gasteiger partial charge in [-0.15, -0.1) is 0 Å². The number of nitrogens with one attached hydrogen (secondary N) is 1. The molecule has 0 aromatic heterocycles. The molecule has 0 aromatic carbocycles. The quantitative estimate of drug-likeness (QED) is 0.622. The SMILES string of the molecule is CCCCC(NS(=O)(=O)CCOC(C)C)C(=O)O. The van der Waals surface area contributed by atoms with E-state index in [2.05, 4.69) is 4.72 Å². The summed E-state index contributed by atoms with van der Waals surface area (Å²) in [5.41, 5.74) is 0. The highest BCUT2D eigenvalue weighted by Gasteiger charge is 2.23. The molecule has 0 fully saturated rings. The molecule has 1 unspecified atom stereocenters. The Hall–Kier alpha value is -0.660. The molecule has 6 nitrogen and oxygen atoms in total. The molecular formula is C11H23NO5S. The number of aliphatic carboxylic acids is 1. The van der Waals surface area contributed by atoms with Gasteiger partial charge >= 0.3 is 5.97 Å². The molecule has 2 N–H and O–H groups in total. The summed E-state index contributed by atoms with van der Waals surface area (Å²) < 4.78 is 30.6. The average molecular weight is 281 g/mol. The first-order valence-electron chi connectivity index (χ1n) is 6.13.